The Labute approximate surface area is 174 Å². The Hall–Kier alpha value is -1.83. The lowest BCUT2D eigenvalue weighted by atomic mass is 9.97. The van der Waals surface area contributed by atoms with E-state index in [1.807, 2.05) is 27.7 Å². The third-order valence-corrected chi connectivity index (χ3v) is 6.98. The monoisotopic (exact) mass is 420 g/mol. The van der Waals surface area contributed by atoms with Crippen LogP contribution in [0.4, 0.5) is 0 Å². The van der Waals surface area contributed by atoms with E-state index in [2.05, 4.69) is 15.7 Å². The fourth-order valence-corrected chi connectivity index (χ4v) is 5.05. The Bertz CT molecular complexity index is 928. The van der Waals surface area contributed by atoms with Crippen molar-refractivity contribution in [2.75, 3.05) is 26.2 Å². The summed E-state index contributed by atoms with van der Waals surface area (Å²) in [6, 6.07) is 7.11. The van der Waals surface area contributed by atoms with Crippen LogP contribution in [-0.2, 0) is 16.6 Å². The van der Waals surface area contributed by atoms with Gasteiger partial charge < -0.3 is 9.15 Å². The molecule has 160 valence electrons. The molecule has 0 amide bonds. The number of rotatable bonds is 8. The van der Waals surface area contributed by atoms with Crippen molar-refractivity contribution in [3.05, 3.63) is 46.9 Å². The molecule has 6 nitrogen and oxygen atoms in total. The van der Waals surface area contributed by atoms with Crippen molar-refractivity contribution >= 4 is 10.0 Å². The summed E-state index contributed by atoms with van der Waals surface area (Å²) < 4.78 is 39.2. The molecule has 1 aliphatic rings. The van der Waals surface area contributed by atoms with Gasteiger partial charge in [0.05, 0.1) is 11.5 Å². The van der Waals surface area contributed by atoms with Crippen molar-refractivity contribution in [3.8, 4) is 5.75 Å². The van der Waals surface area contributed by atoms with Crippen molar-refractivity contribution in [1.29, 1.82) is 0 Å². The summed E-state index contributed by atoms with van der Waals surface area (Å²) in [5.74, 6) is 3.02. The molecule has 1 fully saturated rings. The summed E-state index contributed by atoms with van der Waals surface area (Å²) in [6.07, 6.45) is 1.97. The van der Waals surface area contributed by atoms with Crippen LogP contribution >= 0.6 is 0 Å². The highest BCUT2D eigenvalue weighted by atomic mass is 32.2. The lowest BCUT2D eigenvalue weighted by molar-refractivity contribution is 0.178. The number of hydrogen-bond donors (Lipinski definition) is 1. The Morgan fingerprint density at radius 3 is 2.48 bits per heavy atom. The normalized spacial score (nSPS) is 16.3. The molecule has 0 spiro atoms. The number of furan rings is 1. The number of ether oxygens (including phenoxy) is 1. The predicted molar refractivity (Wildman–Crippen MR) is 114 cm³/mol. The second kappa shape index (κ2) is 9.32. The maximum Gasteiger partial charge on any atom is 0.240 e. The summed E-state index contributed by atoms with van der Waals surface area (Å²) in [6.45, 7) is 11.6. The molecular formula is C22H32N2O4S. The zero-order chi connectivity index (χ0) is 21.0. The van der Waals surface area contributed by atoms with E-state index in [4.69, 9.17) is 9.15 Å². The molecule has 0 saturated carbocycles. The minimum atomic E-state index is -3.51. The van der Waals surface area contributed by atoms with E-state index in [1.54, 1.807) is 18.2 Å². The van der Waals surface area contributed by atoms with Crippen molar-refractivity contribution in [2.45, 2.75) is 52.0 Å². The molecule has 3 rings (SSSR count). The molecule has 1 aromatic carbocycles. The van der Waals surface area contributed by atoms with Crippen LogP contribution in [0.2, 0.25) is 0 Å². The van der Waals surface area contributed by atoms with Crippen LogP contribution in [0.1, 0.15) is 42.4 Å². The Morgan fingerprint density at radius 2 is 1.90 bits per heavy atom. The Morgan fingerprint density at radius 1 is 1.17 bits per heavy atom. The van der Waals surface area contributed by atoms with Gasteiger partial charge in [0.2, 0.25) is 10.0 Å². The molecule has 0 atom stereocenters. The van der Waals surface area contributed by atoms with Gasteiger partial charge in [0.15, 0.2) is 0 Å². The van der Waals surface area contributed by atoms with E-state index in [1.165, 1.54) is 5.56 Å². The number of piperidine rings is 1. The topological polar surface area (TPSA) is 71.8 Å². The first-order valence-electron chi connectivity index (χ1n) is 10.3. The SMILES string of the molecule is CCOc1ccc(S(=O)(=O)NCC2CCN(Cc3cc(C)oc3C)CC2)cc1C. The molecule has 0 unspecified atom stereocenters. The first kappa shape index (κ1) is 21.9. The molecule has 1 aliphatic heterocycles. The highest BCUT2D eigenvalue weighted by Gasteiger charge is 2.23. The van der Waals surface area contributed by atoms with Crippen molar-refractivity contribution < 1.29 is 17.6 Å². The third kappa shape index (κ3) is 5.62. The standard InChI is InChI=1S/C22H32N2O4S/c1-5-27-22-7-6-21(12-16(22)2)29(25,26)23-14-19-8-10-24(11-9-19)15-20-13-17(3)28-18(20)4/h6-7,12-13,19,23H,5,8-11,14-15H2,1-4H3. The van der Waals surface area contributed by atoms with E-state index < -0.39 is 10.0 Å². The molecule has 0 bridgehead atoms. The second-order valence-corrected chi connectivity index (χ2v) is 9.64. The summed E-state index contributed by atoms with van der Waals surface area (Å²) in [7, 11) is -3.51. The molecular weight excluding hydrogens is 388 g/mol. The van der Waals surface area contributed by atoms with E-state index in [-0.39, 0.29) is 0 Å². The number of benzene rings is 1. The van der Waals surface area contributed by atoms with E-state index in [9.17, 15) is 8.42 Å². The van der Waals surface area contributed by atoms with Gasteiger partial charge in [-0.05, 0) is 89.4 Å². The molecule has 2 heterocycles. The fraction of sp³-hybridized carbons (Fsp3) is 0.545. The summed E-state index contributed by atoms with van der Waals surface area (Å²) in [5, 5.41) is 0. The zero-order valence-electron chi connectivity index (χ0n) is 17.8. The first-order chi connectivity index (χ1) is 13.8. The van der Waals surface area contributed by atoms with Crippen LogP contribution in [0.5, 0.6) is 5.75 Å². The highest BCUT2D eigenvalue weighted by molar-refractivity contribution is 7.89. The zero-order valence-corrected chi connectivity index (χ0v) is 18.6. The lowest BCUT2D eigenvalue weighted by Crippen LogP contribution is -2.38. The number of nitrogens with zero attached hydrogens (tertiary/aromatic N) is 1. The van der Waals surface area contributed by atoms with Crippen LogP contribution in [-0.4, -0.2) is 39.6 Å². The van der Waals surface area contributed by atoms with Gasteiger partial charge in [-0.2, -0.15) is 0 Å². The number of hydrogen-bond acceptors (Lipinski definition) is 5. The summed E-state index contributed by atoms with van der Waals surface area (Å²) in [4.78, 5) is 2.71. The van der Waals surface area contributed by atoms with Crippen LogP contribution in [0.15, 0.2) is 33.6 Å². The summed E-state index contributed by atoms with van der Waals surface area (Å²) >= 11 is 0. The fourth-order valence-electron chi connectivity index (χ4n) is 3.85. The van der Waals surface area contributed by atoms with Crippen LogP contribution in [0.25, 0.3) is 0 Å². The van der Waals surface area contributed by atoms with Crippen LogP contribution in [0, 0.1) is 26.7 Å². The summed E-state index contributed by atoms with van der Waals surface area (Å²) in [5.41, 5.74) is 2.07. The molecule has 1 N–H and O–H groups in total. The van der Waals surface area contributed by atoms with Gasteiger partial charge in [0.25, 0.3) is 0 Å². The molecule has 29 heavy (non-hydrogen) atoms. The largest absolute Gasteiger partial charge is 0.494 e. The second-order valence-electron chi connectivity index (χ2n) is 7.87. The highest BCUT2D eigenvalue weighted by Crippen LogP contribution is 2.24. The van der Waals surface area contributed by atoms with Crippen LogP contribution < -0.4 is 9.46 Å². The van der Waals surface area contributed by atoms with E-state index in [0.29, 0.717) is 24.0 Å². The smallest absolute Gasteiger partial charge is 0.240 e. The van der Waals surface area contributed by atoms with Gasteiger partial charge in [0, 0.05) is 18.7 Å². The first-order valence-corrected chi connectivity index (χ1v) is 11.8. The van der Waals surface area contributed by atoms with Crippen LogP contribution in [0.3, 0.4) is 0 Å². The maximum absolute atomic E-state index is 12.7. The van der Waals surface area contributed by atoms with Crippen molar-refractivity contribution in [2.24, 2.45) is 5.92 Å². The molecule has 1 saturated heterocycles. The Kier molecular flexibility index (Phi) is 7.03. The van der Waals surface area contributed by atoms with Gasteiger partial charge in [-0.1, -0.05) is 0 Å². The molecule has 1 aromatic heterocycles. The molecule has 2 aromatic rings. The van der Waals surface area contributed by atoms with Gasteiger partial charge in [0.1, 0.15) is 17.3 Å². The van der Waals surface area contributed by atoms with Crippen molar-refractivity contribution in [3.63, 3.8) is 0 Å². The average molecular weight is 421 g/mol. The quantitative estimate of drug-likeness (QED) is 0.703. The lowest BCUT2D eigenvalue weighted by Gasteiger charge is -2.31. The predicted octanol–water partition coefficient (Wildman–Crippen LogP) is 3.79. The van der Waals surface area contributed by atoms with Gasteiger partial charge in [-0.25, -0.2) is 13.1 Å². The Balaban J connectivity index is 1.50. The number of likely N-dealkylation sites (tertiary alicyclic amines) is 1. The van der Waals surface area contributed by atoms with E-state index in [0.717, 1.165) is 55.3 Å². The van der Waals surface area contributed by atoms with Crippen molar-refractivity contribution in [1.82, 2.24) is 9.62 Å². The van der Waals surface area contributed by atoms with E-state index >= 15 is 0 Å². The maximum atomic E-state index is 12.7. The average Bonchev–Trinajstić information content (AvgIpc) is 3.00. The number of nitrogens with one attached hydrogen (secondary N) is 1. The number of sulfonamides is 1. The number of aryl methyl sites for hydroxylation is 3. The molecule has 0 aliphatic carbocycles. The van der Waals surface area contributed by atoms with Gasteiger partial charge in [-0.3, -0.25) is 4.90 Å². The minimum absolute atomic E-state index is 0.293. The molecule has 7 heteroatoms. The van der Waals surface area contributed by atoms with Gasteiger partial charge >= 0.3 is 0 Å². The van der Waals surface area contributed by atoms with Gasteiger partial charge in [-0.15, -0.1) is 0 Å². The molecule has 0 radical (unpaired) electrons. The third-order valence-electron chi connectivity index (χ3n) is 5.56. The minimum Gasteiger partial charge on any atom is -0.494 e.